The van der Waals surface area contributed by atoms with Gasteiger partial charge in [0.2, 0.25) is 5.91 Å². The van der Waals surface area contributed by atoms with Gasteiger partial charge in [0.1, 0.15) is 5.75 Å². The molecule has 0 aliphatic carbocycles. The zero-order valence-electron chi connectivity index (χ0n) is 17.1. The van der Waals surface area contributed by atoms with E-state index in [0.717, 1.165) is 41.9 Å². The molecule has 2 fully saturated rings. The number of hydrogen-bond acceptors (Lipinski definition) is 6. The number of nitrogens with zero attached hydrogens (tertiary/aromatic N) is 3. The summed E-state index contributed by atoms with van der Waals surface area (Å²) in [6.45, 7) is 2.70. The van der Waals surface area contributed by atoms with Crippen molar-refractivity contribution in [2.24, 2.45) is 0 Å². The molecule has 0 unspecified atom stereocenters. The Bertz CT molecular complexity index is 988. The van der Waals surface area contributed by atoms with Gasteiger partial charge in [-0.1, -0.05) is 23.5 Å². The van der Waals surface area contributed by atoms with Crippen LogP contribution in [0.3, 0.4) is 0 Å². The Balaban J connectivity index is 1.16. The van der Waals surface area contributed by atoms with Crippen LogP contribution >= 0.6 is 11.3 Å². The fourth-order valence-electron chi connectivity index (χ4n) is 4.92. The van der Waals surface area contributed by atoms with E-state index >= 15 is 0 Å². The highest BCUT2D eigenvalue weighted by Crippen LogP contribution is 2.36. The van der Waals surface area contributed by atoms with Gasteiger partial charge in [0.15, 0.2) is 5.65 Å². The lowest BCUT2D eigenvalue weighted by molar-refractivity contribution is -0.120. The van der Waals surface area contributed by atoms with Crippen molar-refractivity contribution in [3.63, 3.8) is 0 Å². The lowest BCUT2D eigenvalue weighted by Crippen LogP contribution is -2.50. The molecule has 7 heteroatoms. The molecule has 30 heavy (non-hydrogen) atoms. The van der Waals surface area contributed by atoms with Crippen LogP contribution in [-0.2, 0) is 11.2 Å². The number of rotatable bonds is 6. The lowest BCUT2D eigenvalue weighted by atomic mass is 9.96. The third-order valence-corrected chi connectivity index (χ3v) is 7.11. The van der Waals surface area contributed by atoms with Crippen LogP contribution in [0.5, 0.6) is 10.9 Å². The van der Waals surface area contributed by atoms with E-state index < -0.39 is 0 Å². The standard InChI is InChI=1S/C23H26N4O2S/c1-15(28)25-17-13-18-6-7-19(14-17)27(18)12-10-16-4-8-20(9-5-16)29-23-26-22-21(30-23)3-2-11-24-22/h2-5,8-9,11,17-19H,6-7,10,12-14H2,1H3,(H,25,28)/t17-,18-,19+. The molecule has 3 atom stereocenters. The zero-order chi connectivity index (χ0) is 20.5. The number of aromatic nitrogens is 2. The zero-order valence-corrected chi connectivity index (χ0v) is 17.9. The normalized spacial score (nSPS) is 23.6. The number of piperidine rings is 1. The van der Waals surface area contributed by atoms with E-state index in [1.54, 1.807) is 13.1 Å². The van der Waals surface area contributed by atoms with E-state index in [-0.39, 0.29) is 5.91 Å². The third kappa shape index (κ3) is 4.18. The first kappa shape index (κ1) is 19.5. The predicted molar refractivity (Wildman–Crippen MR) is 118 cm³/mol. The maximum absolute atomic E-state index is 11.4. The predicted octanol–water partition coefficient (Wildman–Crippen LogP) is 4.16. The second kappa shape index (κ2) is 8.32. The minimum atomic E-state index is 0.0947. The van der Waals surface area contributed by atoms with Gasteiger partial charge in [-0.3, -0.25) is 9.69 Å². The van der Waals surface area contributed by atoms with Crippen LogP contribution in [0.4, 0.5) is 0 Å². The molecule has 1 aromatic carbocycles. The van der Waals surface area contributed by atoms with Gasteiger partial charge in [-0.25, -0.2) is 4.98 Å². The number of amides is 1. The van der Waals surface area contributed by atoms with Crippen molar-refractivity contribution >= 4 is 27.6 Å². The van der Waals surface area contributed by atoms with E-state index in [1.165, 1.54) is 29.7 Å². The molecule has 1 amide bonds. The Morgan fingerprint density at radius 2 is 1.97 bits per heavy atom. The maximum Gasteiger partial charge on any atom is 0.281 e. The van der Waals surface area contributed by atoms with Crippen molar-refractivity contribution < 1.29 is 9.53 Å². The first-order valence-electron chi connectivity index (χ1n) is 10.7. The number of nitrogens with one attached hydrogen (secondary N) is 1. The van der Waals surface area contributed by atoms with Gasteiger partial charge in [0, 0.05) is 37.8 Å². The quantitative estimate of drug-likeness (QED) is 0.646. The van der Waals surface area contributed by atoms with Gasteiger partial charge < -0.3 is 10.1 Å². The minimum Gasteiger partial charge on any atom is -0.431 e. The Morgan fingerprint density at radius 1 is 1.20 bits per heavy atom. The molecule has 2 aromatic heterocycles. The number of benzene rings is 1. The fourth-order valence-corrected chi connectivity index (χ4v) is 5.71. The number of thiazole rings is 1. The number of hydrogen-bond donors (Lipinski definition) is 1. The topological polar surface area (TPSA) is 67.4 Å². The summed E-state index contributed by atoms with van der Waals surface area (Å²) in [6, 6.07) is 13.8. The van der Waals surface area contributed by atoms with Crippen molar-refractivity contribution in [1.29, 1.82) is 0 Å². The van der Waals surface area contributed by atoms with Gasteiger partial charge in [-0.2, -0.15) is 4.98 Å². The minimum absolute atomic E-state index is 0.0947. The van der Waals surface area contributed by atoms with Gasteiger partial charge >= 0.3 is 0 Å². The first-order valence-corrected chi connectivity index (χ1v) is 11.5. The highest BCUT2D eigenvalue weighted by Gasteiger charge is 2.40. The van der Waals surface area contributed by atoms with Crippen molar-refractivity contribution in [3.05, 3.63) is 48.2 Å². The molecular formula is C23H26N4O2S. The molecule has 4 heterocycles. The molecule has 3 aromatic rings. The second-order valence-electron chi connectivity index (χ2n) is 8.29. The molecule has 0 saturated carbocycles. The van der Waals surface area contributed by atoms with Crippen LogP contribution in [0.15, 0.2) is 42.6 Å². The van der Waals surface area contributed by atoms with Crippen LogP contribution in [-0.4, -0.2) is 45.4 Å². The van der Waals surface area contributed by atoms with Crippen molar-refractivity contribution in [2.75, 3.05) is 6.54 Å². The molecular weight excluding hydrogens is 396 g/mol. The van der Waals surface area contributed by atoms with Crippen LogP contribution in [0.1, 0.15) is 38.2 Å². The summed E-state index contributed by atoms with van der Waals surface area (Å²) in [7, 11) is 0. The molecule has 2 aliphatic heterocycles. The largest absolute Gasteiger partial charge is 0.431 e. The number of carbonyl (C=O) groups is 1. The molecule has 2 bridgehead atoms. The molecule has 6 nitrogen and oxygen atoms in total. The second-order valence-corrected chi connectivity index (χ2v) is 9.29. The molecule has 1 N–H and O–H groups in total. The Hall–Kier alpha value is -2.51. The Morgan fingerprint density at radius 3 is 2.67 bits per heavy atom. The van der Waals surface area contributed by atoms with Gasteiger partial charge in [-0.15, -0.1) is 0 Å². The molecule has 5 rings (SSSR count). The molecule has 0 spiro atoms. The first-order chi connectivity index (χ1) is 14.6. The van der Waals surface area contributed by atoms with Crippen molar-refractivity contribution in [2.45, 2.75) is 57.2 Å². The van der Waals surface area contributed by atoms with Gasteiger partial charge in [0.25, 0.3) is 5.19 Å². The highest BCUT2D eigenvalue weighted by atomic mass is 32.1. The van der Waals surface area contributed by atoms with Crippen molar-refractivity contribution in [1.82, 2.24) is 20.2 Å². The third-order valence-electron chi connectivity index (χ3n) is 6.22. The molecule has 0 radical (unpaired) electrons. The maximum atomic E-state index is 11.4. The average molecular weight is 423 g/mol. The lowest BCUT2D eigenvalue weighted by Gasteiger charge is -2.39. The number of fused-ring (bicyclic) bond motifs is 3. The summed E-state index contributed by atoms with van der Waals surface area (Å²) < 4.78 is 6.95. The van der Waals surface area contributed by atoms with E-state index in [1.807, 2.05) is 24.3 Å². The Labute approximate surface area is 180 Å². The Kier molecular flexibility index (Phi) is 5.39. The molecule has 2 saturated heterocycles. The van der Waals surface area contributed by atoms with Crippen LogP contribution in [0, 0.1) is 0 Å². The van der Waals surface area contributed by atoms with Gasteiger partial charge in [0.05, 0.1) is 4.70 Å². The number of ether oxygens (including phenoxy) is 1. The molecule has 2 aliphatic rings. The fraction of sp³-hybridized carbons (Fsp3) is 0.435. The van der Waals surface area contributed by atoms with Crippen LogP contribution < -0.4 is 10.1 Å². The van der Waals surface area contributed by atoms with E-state index in [9.17, 15) is 4.79 Å². The summed E-state index contributed by atoms with van der Waals surface area (Å²) in [5.41, 5.74) is 2.04. The van der Waals surface area contributed by atoms with Crippen LogP contribution in [0.25, 0.3) is 10.3 Å². The summed E-state index contributed by atoms with van der Waals surface area (Å²) in [5.74, 6) is 0.895. The highest BCUT2D eigenvalue weighted by molar-refractivity contribution is 7.20. The van der Waals surface area contributed by atoms with Gasteiger partial charge in [-0.05, 0) is 61.9 Å². The van der Waals surface area contributed by atoms with E-state index in [2.05, 4.69) is 32.3 Å². The summed E-state index contributed by atoms with van der Waals surface area (Å²) in [5, 5.41) is 3.74. The average Bonchev–Trinajstić information content (AvgIpc) is 3.24. The van der Waals surface area contributed by atoms with E-state index in [0.29, 0.717) is 23.3 Å². The van der Waals surface area contributed by atoms with E-state index in [4.69, 9.17) is 4.74 Å². The number of carbonyl (C=O) groups excluding carboxylic acids is 1. The SMILES string of the molecule is CC(=O)N[C@@H]1C[C@H]2CC[C@@H](C1)N2CCc1ccc(Oc2nc3ncccc3s2)cc1. The summed E-state index contributed by atoms with van der Waals surface area (Å²) in [4.78, 5) is 22.7. The summed E-state index contributed by atoms with van der Waals surface area (Å²) in [6.07, 6.45) is 7.45. The summed E-state index contributed by atoms with van der Waals surface area (Å²) >= 11 is 1.51. The number of pyridine rings is 1. The van der Waals surface area contributed by atoms with Crippen molar-refractivity contribution in [3.8, 4) is 10.9 Å². The van der Waals surface area contributed by atoms with Crippen LogP contribution in [0.2, 0.25) is 0 Å². The smallest absolute Gasteiger partial charge is 0.281 e. The monoisotopic (exact) mass is 422 g/mol. The molecule has 156 valence electrons.